The highest BCUT2D eigenvalue weighted by Gasteiger charge is 2.01. The number of aromatic hydroxyl groups is 1. The standard InChI is InChI=1S/C16H15NO2/c17-16(19)9-7-14-11-13(6-8-15(14)18)10-12-4-2-1-3-5-12/h1-9,11,18H,10H2,(H2,17,19)/b9-7-. The van der Waals surface area contributed by atoms with Crippen LogP contribution in [0.15, 0.2) is 54.6 Å². The molecule has 3 heteroatoms. The molecule has 3 N–H and O–H groups in total. The quantitative estimate of drug-likeness (QED) is 0.822. The number of hydrogen-bond acceptors (Lipinski definition) is 2. The fourth-order valence-corrected chi connectivity index (χ4v) is 1.85. The second-order valence-electron chi connectivity index (χ2n) is 4.29. The highest BCUT2D eigenvalue weighted by atomic mass is 16.3. The van der Waals surface area contributed by atoms with Crippen molar-refractivity contribution in [1.82, 2.24) is 0 Å². The smallest absolute Gasteiger partial charge is 0.241 e. The average molecular weight is 253 g/mol. The van der Waals surface area contributed by atoms with Gasteiger partial charge in [-0.1, -0.05) is 36.4 Å². The van der Waals surface area contributed by atoms with E-state index in [4.69, 9.17) is 5.73 Å². The van der Waals surface area contributed by atoms with E-state index in [9.17, 15) is 9.90 Å². The molecule has 0 aromatic heterocycles. The molecule has 3 nitrogen and oxygen atoms in total. The number of primary amides is 1. The molecule has 0 heterocycles. The Morgan fingerprint density at radius 1 is 1.11 bits per heavy atom. The van der Waals surface area contributed by atoms with Crippen LogP contribution in [0.1, 0.15) is 16.7 Å². The van der Waals surface area contributed by atoms with E-state index in [-0.39, 0.29) is 5.75 Å². The molecule has 0 saturated carbocycles. The molecule has 0 aliphatic rings. The zero-order chi connectivity index (χ0) is 13.7. The number of benzene rings is 2. The lowest BCUT2D eigenvalue weighted by Gasteiger charge is -2.05. The molecule has 2 rings (SSSR count). The third-order valence-corrected chi connectivity index (χ3v) is 2.77. The first-order valence-corrected chi connectivity index (χ1v) is 5.98. The van der Waals surface area contributed by atoms with E-state index in [0.29, 0.717) is 5.56 Å². The number of hydrogen-bond donors (Lipinski definition) is 2. The van der Waals surface area contributed by atoms with Crippen LogP contribution in [0.25, 0.3) is 6.08 Å². The summed E-state index contributed by atoms with van der Waals surface area (Å²) >= 11 is 0. The minimum Gasteiger partial charge on any atom is -0.507 e. The Morgan fingerprint density at radius 3 is 2.53 bits per heavy atom. The van der Waals surface area contributed by atoms with Crippen LogP contribution in [0.5, 0.6) is 5.75 Å². The van der Waals surface area contributed by atoms with Gasteiger partial charge in [0.1, 0.15) is 5.75 Å². The summed E-state index contributed by atoms with van der Waals surface area (Å²) in [5.74, 6) is -0.401. The van der Waals surface area contributed by atoms with E-state index < -0.39 is 5.91 Å². The number of phenolic OH excluding ortho intramolecular Hbond substituents is 1. The number of phenols is 1. The zero-order valence-corrected chi connectivity index (χ0v) is 10.4. The van der Waals surface area contributed by atoms with Crippen LogP contribution >= 0.6 is 0 Å². The molecular formula is C16H15NO2. The fraction of sp³-hybridized carbons (Fsp3) is 0.0625. The maximum absolute atomic E-state index is 10.7. The Kier molecular flexibility index (Phi) is 3.98. The summed E-state index contributed by atoms with van der Waals surface area (Å²) in [4.78, 5) is 10.7. The van der Waals surface area contributed by atoms with E-state index in [0.717, 1.165) is 12.0 Å². The molecule has 0 fully saturated rings. The summed E-state index contributed by atoms with van der Waals surface area (Å²) in [5, 5.41) is 9.71. The highest BCUT2D eigenvalue weighted by molar-refractivity contribution is 5.90. The fourth-order valence-electron chi connectivity index (χ4n) is 1.85. The summed E-state index contributed by atoms with van der Waals surface area (Å²) in [5.41, 5.74) is 7.89. The van der Waals surface area contributed by atoms with Crippen LogP contribution < -0.4 is 5.73 Å². The van der Waals surface area contributed by atoms with Gasteiger partial charge in [0, 0.05) is 11.6 Å². The van der Waals surface area contributed by atoms with Crippen molar-refractivity contribution in [3.63, 3.8) is 0 Å². The molecule has 0 aliphatic heterocycles. The molecule has 2 aromatic carbocycles. The molecule has 2 aromatic rings. The normalized spacial score (nSPS) is 10.7. The number of carbonyl (C=O) groups excluding carboxylic acids is 1. The van der Waals surface area contributed by atoms with Gasteiger partial charge in [-0.15, -0.1) is 0 Å². The number of nitrogens with two attached hydrogens (primary N) is 1. The zero-order valence-electron chi connectivity index (χ0n) is 10.4. The molecule has 96 valence electrons. The van der Waals surface area contributed by atoms with Crippen molar-refractivity contribution in [3.8, 4) is 5.75 Å². The topological polar surface area (TPSA) is 63.3 Å². The van der Waals surface area contributed by atoms with Gasteiger partial charge in [0.2, 0.25) is 5.91 Å². The molecule has 19 heavy (non-hydrogen) atoms. The summed E-state index contributed by atoms with van der Waals surface area (Å²) in [6.07, 6.45) is 3.53. The maximum Gasteiger partial charge on any atom is 0.241 e. The Balaban J connectivity index is 2.23. The SMILES string of the molecule is NC(=O)/C=C\c1cc(Cc2ccccc2)ccc1O. The van der Waals surface area contributed by atoms with Crippen LogP contribution in [-0.2, 0) is 11.2 Å². The molecule has 0 spiro atoms. The number of carbonyl (C=O) groups is 1. The van der Waals surface area contributed by atoms with Gasteiger partial charge >= 0.3 is 0 Å². The van der Waals surface area contributed by atoms with Crippen molar-refractivity contribution >= 4 is 12.0 Å². The van der Waals surface area contributed by atoms with Crippen molar-refractivity contribution in [2.75, 3.05) is 0 Å². The lowest BCUT2D eigenvalue weighted by molar-refractivity contribution is -0.113. The van der Waals surface area contributed by atoms with Gasteiger partial charge in [-0.05, 0) is 35.8 Å². The van der Waals surface area contributed by atoms with E-state index >= 15 is 0 Å². The first-order valence-electron chi connectivity index (χ1n) is 5.98. The maximum atomic E-state index is 10.7. The Bertz CT molecular complexity index is 603. The van der Waals surface area contributed by atoms with Gasteiger partial charge in [0.05, 0.1) is 0 Å². The summed E-state index contributed by atoms with van der Waals surface area (Å²) < 4.78 is 0. The third-order valence-electron chi connectivity index (χ3n) is 2.77. The minimum atomic E-state index is -0.534. The largest absolute Gasteiger partial charge is 0.507 e. The molecule has 0 bridgehead atoms. The van der Waals surface area contributed by atoms with Crippen molar-refractivity contribution in [1.29, 1.82) is 0 Å². The Hall–Kier alpha value is -2.55. The van der Waals surface area contributed by atoms with Gasteiger partial charge in [0.25, 0.3) is 0 Å². The molecule has 0 aliphatic carbocycles. The molecule has 0 unspecified atom stereocenters. The van der Waals surface area contributed by atoms with E-state index in [2.05, 4.69) is 0 Å². The second kappa shape index (κ2) is 5.87. The first kappa shape index (κ1) is 12.9. The van der Waals surface area contributed by atoms with Crippen molar-refractivity contribution < 1.29 is 9.90 Å². The minimum absolute atomic E-state index is 0.134. The van der Waals surface area contributed by atoms with Crippen molar-refractivity contribution in [2.45, 2.75) is 6.42 Å². The van der Waals surface area contributed by atoms with Crippen LogP contribution in [-0.4, -0.2) is 11.0 Å². The predicted molar refractivity (Wildman–Crippen MR) is 75.6 cm³/mol. The number of amides is 1. The van der Waals surface area contributed by atoms with Crippen LogP contribution in [0, 0.1) is 0 Å². The van der Waals surface area contributed by atoms with Gasteiger partial charge in [-0.3, -0.25) is 4.79 Å². The predicted octanol–water partition coefficient (Wildman–Crippen LogP) is 2.48. The van der Waals surface area contributed by atoms with Crippen molar-refractivity contribution in [3.05, 3.63) is 71.3 Å². The van der Waals surface area contributed by atoms with Crippen LogP contribution in [0.4, 0.5) is 0 Å². The van der Waals surface area contributed by atoms with Crippen molar-refractivity contribution in [2.24, 2.45) is 5.73 Å². The van der Waals surface area contributed by atoms with Crippen LogP contribution in [0.2, 0.25) is 0 Å². The first-order chi connectivity index (χ1) is 9.15. The van der Waals surface area contributed by atoms with Gasteiger partial charge < -0.3 is 10.8 Å². The summed E-state index contributed by atoms with van der Waals surface area (Å²) in [6.45, 7) is 0. The van der Waals surface area contributed by atoms with Gasteiger partial charge in [-0.25, -0.2) is 0 Å². The molecular weight excluding hydrogens is 238 g/mol. The van der Waals surface area contributed by atoms with Crippen LogP contribution in [0.3, 0.4) is 0 Å². The van der Waals surface area contributed by atoms with E-state index in [1.807, 2.05) is 42.5 Å². The third kappa shape index (κ3) is 3.71. The van der Waals surface area contributed by atoms with Gasteiger partial charge in [0.15, 0.2) is 0 Å². The highest BCUT2D eigenvalue weighted by Crippen LogP contribution is 2.21. The Morgan fingerprint density at radius 2 is 1.84 bits per heavy atom. The summed E-state index contributed by atoms with van der Waals surface area (Å²) in [7, 11) is 0. The number of rotatable bonds is 4. The molecule has 0 saturated heterocycles. The lowest BCUT2D eigenvalue weighted by atomic mass is 10.0. The molecule has 0 atom stereocenters. The molecule has 0 radical (unpaired) electrons. The van der Waals surface area contributed by atoms with Gasteiger partial charge in [-0.2, -0.15) is 0 Å². The monoisotopic (exact) mass is 253 g/mol. The van der Waals surface area contributed by atoms with E-state index in [1.54, 1.807) is 6.07 Å². The Labute approximate surface area is 112 Å². The van der Waals surface area contributed by atoms with E-state index in [1.165, 1.54) is 17.7 Å². The summed E-state index contributed by atoms with van der Waals surface area (Å²) in [6, 6.07) is 15.4. The molecule has 1 amide bonds. The second-order valence-corrected chi connectivity index (χ2v) is 4.29. The lowest BCUT2D eigenvalue weighted by Crippen LogP contribution is -2.05. The average Bonchev–Trinajstić information content (AvgIpc) is 2.40.